The molecule has 0 aliphatic carbocycles. The van der Waals surface area contributed by atoms with Gasteiger partial charge in [0.25, 0.3) is 0 Å². The Morgan fingerprint density at radius 1 is 1.00 bits per heavy atom. The molecule has 0 aliphatic rings. The van der Waals surface area contributed by atoms with Crippen LogP contribution in [-0.2, 0) is 9.59 Å². The van der Waals surface area contributed by atoms with Crippen molar-refractivity contribution >= 4 is 29.3 Å². The molecule has 25 heavy (non-hydrogen) atoms. The van der Waals surface area contributed by atoms with Crippen molar-refractivity contribution in [1.82, 2.24) is 0 Å². The fourth-order valence-electron chi connectivity index (χ4n) is 2.03. The number of hydrogen-bond donors (Lipinski definition) is 2. The lowest BCUT2D eigenvalue weighted by Gasteiger charge is -2.05. The minimum atomic E-state index is -0.237. The molecule has 0 fully saturated rings. The highest BCUT2D eigenvalue weighted by Crippen LogP contribution is 2.15. The van der Waals surface area contributed by atoms with Gasteiger partial charge in [0.1, 0.15) is 12.4 Å². The van der Waals surface area contributed by atoms with Crippen LogP contribution in [0, 0.1) is 0 Å². The lowest BCUT2D eigenvalue weighted by molar-refractivity contribution is -0.114. The van der Waals surface area contributed by atoms with Crippen molar-refractivity contribution in [3.63, 3.8) is 0 Å². The molecule has 0 unspecified atom stereocenters. The summed E-state index contributed by atoms with van der Waals surface area (Å²) in [5.41, 5.74) is 2.22. The summed E-state index contributed by atoms with van der Waals surface area (Å²) in [7, 11) is 0. The molecular weight excluding hydrogens is 316 g/mol. The summed E-state index contributed by atoms with van der Waals surface area (Å²) < 4.78 is 5.40. The SMILES string of the molecule is C=CCOc1ccc(/C=C/C(=O)Nc2ccc(NC(C)=O)cc2)cc1. The first-order chi connectivity index (χ1) is 12.1. The molecule has 0 saturated carbocycles. The van der Waals surface area contributed by atoms with E-state index in [1.54, 1.807) is 36.4 Å². The second-order valence-electron chi connectivity index (χ2n) is 5.25. The van der Waals surface area contributed by atoms with Gasteiger partial charge in [0.2, 0.25) is 11.8 Å². The van der Waals surface area contributed by atoms with Crippen molar-refractivity contribution < 1.29 is 14.3 Å². The maximum atomic E-state index is 12.0. The second-order valence-corrected chi connectivity index (χ2v) is 5.25. The molecule has 5 heteroatoms. The first kappa shape index (κ1) is 18.0. The molecular formula is C20H20N2O3. The number of ether oxygens (including phenoxy) is 1. The van der Waals surface area contributed by atoms with Gasteiger partial charge in [-0.05, 0) is 48.0 Å². The predicted octanol–water partition coefficient (Wildman–Crippen LogP) is 3.86. The predicted molar refractivity (Wildman–Crippen MR) is 101 cm³/mol. The molecule has 0 aliphatic heterocycles. The summed E-state index contributed by atoms with van der Waals surface area (Å²) in [6.07, 6.45) is 4.86. The van der Waals surface area contributed by atoms with E-state index in [9.17, 15) is 9.59 Å². The quantitative estimate of drug-likeness (QED) is 0.596. The third kappa shape index (κ3) is 6.35. The number of rotatable bonds is 7. The van der Waals surface area contributed by atoms with Crippen LogP contribution in [0.25, 0.3) is 6.08 Å². The van der Waals surface area contributed by atoms with E-state index in [1.807, 2.05) is 24.3 Å². The summed E-state index contributed by atoms with van der Waals surface area (Å²) in [6, 6.07) is 14.3. The topological polar surface area (TPSA) is 67.4 Å². The van der Waals surface area contributed by atoms with Crippen molar-refractivity contribution in [3.8, 4) is 5.75 Å². The van der Waals surface area contributed by atoms with E-state index in [4.69, 9.17) is 4.74 Å². The third-order valence-electron chi connectivity index (χ3n) is 3.15. The fraction of sp³-hybridized carbons (Fsp3) is 0.100. The molecule has 2 rings (SSSR count). The first-order valence-electron chi connectivity index (χ1n) is 7.77. The van der Waals surface area contributed by atoms with Crippen LogP contribution >= 0.6 is 0 Å². The van der Waals surface area contributed by atoms with Gasteiger partial charge in [-0.25, -0.2) is 0 Å². The Kier molecular flexibility index (Phi) is 6.54. The Labute approximate surface area is 147 Å². The van der Waals surface area contributed by atoms with Crippen molar-refractivity contribution in [1.29, 1.82) is 0 Å². The molecule has 0 heterocycles. The summed E-state index contributed by atoms with van der Waals surface area (Å²) >= 11 is 0. The fourth-order valence-corrected chi connectivity index (χ4v) is 2.03. The smallest absolute Gasteiger partial charge is 0.248 e. The van der Waals surface area contributed by atoms with Crippen molar-refractivity contribution in [3.05, 3.63) is 72.8 Å². The Morgan fingerprint density at radius 3 is 2.16 bits per heavy atom. The van der Waals surface area contributed by atoms with Crippen LogP contribution in [0.15, 0.2) is 67.3 Å². The van der Waals surface area contributed by atoms with Crippen molar-refractivity contribution in [2.75, 3.05) is 17.2 Å². The van der Waals surface area contributed by atoms with E-state index in [1.165, 1.54) is 13.0 Å². The zero-order valence-electron chi connectivity index (χ0n) is 14.0. The summed E-state index contributed by atoms with van der Waals surface area (Å²) in [5.74, 6) is 0.376. The lowest BCUT2D eigenvalue weighted by Crippen LogP contribution is -2.08. The molecule has 0 atom stereocenters. The van der Waals surface area contributed by atoms with Gasteiger partial charge in [-0.1, -0.05) is 24.8 Å². The van der Waals surface area contributed by atoms with Gasteiger partial charge in [-0.2, -0.15) is 0 Å². The maximum Gasteiger partial charge on any atom is 0.248 e. The van der Waals surface area contributed by atoms with Gasteiger partial charge >= 0.3 is 0 Å². The molecule has 0 aromatic heterocycles. The van der Waals surface area contributed by atoms with Gasteiger partial charge in [0, 0.05) is 24.4 Å². The number of anilines is 2. The van der Waals surface area contributed by atoms with E-state index in [-0.39, 0.29) is 11.8 Å². The van der Waals surface area contributed by atoms with E-state index >= 15 is 0 Å². The number of nitrogens with one attached hydrogen (secondary N) is 2. The number of carbonyl (C=O) groups excluding carboxylic acids is 2. The minimum Gasteiger partial charge on any atom is -0.490 e. The number of amides is 2. The van der Waals surface area contributed by atoms with Crippen LogP contribution in [0.5, 0.6) is 5.75 Å². The molecule has 2 N–H and O–H groups in total. The van der Waals surface area contributed by atoms with E-state index in [2.05, 4.69) is 17.2 Å². The summed E-state index contributed by atoms with van der Waals surface area (Å²) in [4.78, 5) is 22.9. The van der Waals surface area contributed by atoms with Crippen LogP contribution < -0.4 is 15.4 Å². The third-order valence-corrected chi connectivity index (χ3v) is 3.15. The van der Waals surface area contributed by atoms with E-state index < -0.39 is 0 Å². The molecule has 128 valence electrons. The summed E-state index contributed by atoms with van der Waals surface area (Å²) in [6.45, 7) is 5.49. The molecule has 0 saturated heterocycles. The molecule has 0 spiro atoms. The minimum absolute atomic E-state index is 0.138. The standard InChI is InChI=1S/C20H20N2O3/c1-3-14-25-19-11-4-16(5-12-19)6-13-20(24)22-18-9-7-17(8-10-18)21-15(2)23/h3-13H,1,14H2,2H3,(H,21,23)(H,22,24)/b13-6+. The average molecular weight is 336 g/mol. The van der Waals surface area contributed by atoms with Gasteiger partial charge in [-0.3, -0.25) is 9.59 Å². The van der Waals surface area contributed by atoms with Gasteiger partial charge < -0.3 is 15.4 Å². The molecule has 5 nitrogen and oxygen atoms in total. The summed E-state index contributed by atoms with van der Waals surface area (Å²) in [5, 5.41) is 5.43. The Morgan fingerprint density at radius 2 is 1.60 bits per heavy atom. The highest BCUT2D eigenvalue weighted by molar-refractivity contribution is 6.02. The highest BCUT2D eigenvalue weighted by atomic mass is 16.5. The second kappa shape index (κ2) is 9.08. The van der Waals surface area contributed by atoms with Gasteiger partial charge in [0.15, 0.2) is 0 Å². The number of carbonyl (C=O) groups is 2. The Hall–Kier alpha value is -3.34. The van der Waals surface area contributed by atoms with Crippen molar-refractivity contribution in [2.45, 2.75) is 6.92 Å². The first-order valence-corrected chi connectivity index (χ1v) is 7.77. The van der Waals surface area contributed by atoms with Crippen LogP contribution in [0.4, 0.5) is 11.4 Å². The largest absolute Gasteiger partial charge is 0.490 e. The van der Waals surface area contributed by atoms with Gasteiger partial charge in [-0.15, -0.1) is 0 Å². The average Bonchev–Trinajstić information content (AvgIpc) is 2.60. The maximum absolute atomic E-state index is 12.0. The number of benzene rings is 2. The van der Waals surface area contributed by atoms with E-state index in [0.29, 0.717) is 18.0 Å². The van der Waals surface area contributed by atoms with Crippen LogP contribution in [-0.4, -0.2) is 18.4 Å². The zero-order chi connectivity index (χ0) is 18.1. The number of hydrogen-bond acceptors (Lipinski definition) is 3. The van der Waals surface area contributed by atoms with Crippen LogP contribution in [0.1, 0.15) is 12.5 Å². The lowest BCUT2D eigenvalue weighted by atomic mass is 10.2. The molecule has 2 amide bonds. The molecule has 0 bridgehead atoms. The Bertz CT molecular complexity index is 763. The monoisotopic (exact) mass is 336 g/mol. The molecule has 0 radical (unpaired) electrons. The Balaban J connectivity index is 1.89. The van der Waals surface area contributed by atoms with E-state index in [0.717, 1.165) is 11.3 Å². The zero-order valence-corrected chi connectivity index (χ0v) is 14.0. The van der Waals surface area contributed by atoms with Crippen molar-refractivity contribution in [2.24, 2.45) is 0 Å². The van der Waals surface area contributed by atoms with Crippen LogP contribution in [0.2, 0.25) is 0 Å². The normalized spacial score (nSPS) is 10.3. The molecule has 2 aromatic rings. The highest BCUT2D eigenvalue weighted by Gasteiger charge is 2.00. The molecule has 2 aromatic carbocycles. The van der Waals surface area contributed by atoms with Crippen LogP contribution in [0.3, 0.4) is 0 Å². The van der Waals surface area contributed by atoms with Gasteiger partial charge in [0.05, 0.1) is 0 Å².